The number of rotatable bonds is 8. The summed E-state index contributed by atoms with van der Waals surface area (Å²) in [6.45, 7) is 2.36. The number of nitrogens with zero attached hydrogens (tertiary/aromatic N) is 2. The molecule has 0 spiro atoms. The number of ether oxygens (including phenoxy) is 2. The van der Waals surface area contributed by atoms with Gasteiger partial charge in [0, 0.05) is 0 Å². The number of benzene rings is 1. The van der Waals surface area contributed by atoms with Gasteiger partial charge >= 0.3 is 12.1 Å². The Morgan fingerprint density at radius 1 is 1.20 bits per heavy atom. The van der Waals surface area contributed by atoms with Crippen LogP contribution in [0, 0.1) is 11.6 Å². The van der Waals surface area contributed by atoms with Crippen LogP contribution in [0.4, 0.5) is 19.4 Å². The fraction of sp³-hybridized carbons (Fsp3) is 0.353. The van der Waals surface area contributed by atoms with E-state index in [-0.39, 0.29) is 30.9 Å². The molecule has 0 aliphatic rings. The van der Waals surface area contributed by atoms with Crippen LogP contribution < -0.4 is 10.1 Å². The highest BCUT2D eigenvalue weighted by Gasteiger charge is 2.12. The zero-order chi connectivity index (χ0) is 18.1. The van der Waals surface area contributed by atoms with Crippen LogP contribution in [-0.4, -0.2) is 22.7 Å². The highest BCUT2D eigenvalue weighted by molar-refractivity contribution is 5.83. The second-order valence-corrected chi connectivity index (χ2v) is 5.23. The Morgan fingerprint density at radius 2 is 1.96 bits per heavy atom. The Balaban J connectivity index is 1.90. The van der Waals surface area contributed by atoms with E-state index in [9.17, 15) is 13.6 Å². The Bertz CT molecular complexity index is 696. The van der Waals surface area contributed by atoms with Crippen molar-refractivity contribution in [3.8, 4) is 6.01 Å². The molecule has 1 N–H and O–H groups in total. The quantitative estimate of drug-likeness (QED) is 0.726. The smallest absolute Gasteiger partial charge is 0.412 e. The Labute approximate surface area is 144 Å². The Morgan fingerprint density at radius 3 is 2.68 bits per heavy atom. The van der Waals surface area contributed by atoms with Crippen molar-refractivity contribution in [2.75, 3.05) is 11.9 Å². The van der Waals surface area contributed by atoms with E-state index >= 15 is 0 Å². The van der Waals surface area contributed by atoms with Gasteiger partial charge in [-0.1, -0.05) is 31.9 Å². The molecule has 0 saturated carbocycles. The van der Waals surface area contributed by atoms with Crippen molar-refractivity contribution in [2.45, 2.75) is 32.8 Å². The van der Waals surface area contributed by atoms with E-state index in [0.29, 0.717) is 5.56 Å². The average Bonchev–Trinajstić information content (AvgIpc) is 2.61. The van der Waals surface area contributed by atoms with Gasteiger partial charge in [0.2, 0.25) is 0 Å². The molecule has 0 unspecified atom stereocenters. The second-order valence-electron chi connectivity index (χ2n) is 5.23. The lowest BCUT2D eigenvalue weighted by atomic mass is 10.2. The van der Waals surface area contributed by atoms with Crippen molar-refractivity contribution in [3.05, 3.63) is 47.7 Å². The fourth-order valence-electron chi connectivity index (χ4n) is 1.89. The summed E-state index contributed by atoms with van der Waals surface area (Å²) in [7, 11) is 0. The molecule has 0 atom stereocenters. The van der Waals surface area contributed by atoms with Crippen molar-refractivity contribution in [1.82, 2.24) is 9.97 Å². The number of carbonyl (C=O) groups is 1. The molecule has 6 nitrogen and oxygen atoms in total. The van der Waals surface area contributed by atoms with E-state index in [4.69, 9.17) is 9.47 Å². The lowest BCUT2D eigenvalue weighted by molar-refractivity contribution is 0.159. The number of amides is 1. The minimum atomic E-state index is -0.806. The van der Waals surface area contributed by atoms with Crippen molar-refractivity contribution in [3.63, 3.8) is 0 Å². The van der Waals surface area contributed by atoms with Gasteiger partial charge in [0.05, 0.1) is 12.8 Å². The van der Waals surface area contributed by atoms with Crippen LogP contribution in [0.15, 0.2) is 30.5 Å². The monoisotopic (exact) mass is 351 g/mol. The SMILES string of the molecule is CCCCCOC(=O)Nc1nc(OCc2ccc(F)cc2)ncc1F. The van der Waals surface area contributed by atoms with Crippen LogP contribution in [0.3, 0.4) is 0 Å². The maximum absolute atomic E-state index is 13.7. The zero-order valence-corrected chi connectivity index (χ0v) is 13.8. The number of halogens is 2. The number of carbonyl (C=O) groups excluding carboxylic acids is 1. The molecule has 1 heterocycles. The lowest BCUT2D eigenvalue weighted by Gasteiger charge is -2.09. The standard InChI is InChI=1S/C17H19F2N3O3/c1-2-3-4-9-24-17(23)22-15-14(19)10-20-16(21-15)25-11-12-5-7-13(18)8-6-12/h5-8,10H,2-4,9,11H2,1H3,(H,20,21,22,23). The van der Waals surface area contributed by atoms with E-state index in [1.165, 1.54) is 12.1 Å². The normalized spacial score (nSPS) is 10.4. The predicted molar refractivity (Wildman–Crippen MR) is 87.2 cm³/mol. The maximum atomic E-state index is 13.7. The predicted octanol–water partition coefficient (Wildman–Crippen LogP) is 4.07. The molecular formula is C17H19F2N3O3. The molecule has 0 aliphatic carbocycles. The van der Waals surface area contributed by atoms with E-state index in [1.807, 2.05) is 6.92 Å². The molecule has 1 aromatic carbocycles. The molecule has 25 heavy (non-hydrogen) atoms. The first-order chi connectivity index (χ1) is 12.1. The van der Waals surface area contributed by atoms with Crippen molar-refractivity contribution in [2.24, 2.45) is 0 Å². The topological polar surface area (TPSA) is 73.3 Å². The van der Waals surface area contributed by atoms with Crippen LogP contribution in [0.25, 0.3) is 0 Å². The van der Waals surface area contributed by atoms with E-state index in [0.717, 1.165) is 25.5 Å². The van der Waals surface area contributed by atoms with Gasteiger partial charge in [-0.2, -0.15) is 4.98 Å². The van der Waals surface area contributed by atoms with E-state index < -0.39 is 11.9 Å². The number of hydrogen-bond acceptors (Lipinski definition) is 5. The summed E-state index contributed by atoms with van der Waals surface area (Å²) in [5, 5.41) is 2.22. The molecule has 134 valence electrons. The van der Waals surface area contributed by atoms with Gasteiger partial charge < -0.3 is 9.47 Å². The molecular weight excluding hydrogens is 332 g/mol. The first kappa shape index (κ1) is 18.6. The van der Waals surface area contributed by atoms with Crippen molar-refractivity contribution < 1.29 is 23.0 Å². The summed E-state index contributed by atoms with van der Waals surface area (Å²) in [5.41, 5.74) is 0.694. The van der Waals surface area contributed by atoms with Gasteiger partial charge in [0.25, 0.3) is 0 Å². The first-order valence-corrected chi connectivity index (χ1v) is 7.92. The largest absolute Gasteiger partial charge is 0.459 e. The third-order valence-corrected chi connectivity index (χ3v) is 3.20. The zero-order valence-electron chi connectivity index (χ0n) is 13.8. The third-order valence-electron chi connectivity index (χ3n) is 3.20. The molecule has 2 aromatic rings. The number of aromatic nitrogens is 2. The van der Waals surface area contributed by atoms with Gasteiger partial charge in [0.1, 0.15) is 12.4 Å². The van der Waals surface area contributed by atoms with Crippen LogP contribution in [-0.2, 0) is 11.3 Å². The minimum Gasteiger partial charge on any atom is -0.459 e. The molecule has 1 amide bonds. The fourth-order valence-corrected chi connectivity index (χ4v) is 1.89. The molecule has 0 fully saturated rings. The lowest BCUT2D eigenvalue weighted by Crippen LogP contribution is -2.17. The van der Waals surface area contributed by atoms with Crippen LogP contribution in [0.2, 0.25) is 0 Å². The molecule has 0 bridgehead atoms. The van der Waals surface area contributed by atoms with Crippen LogP contribution in [0.1, 0.15) is 31.7 Å². The average molecular weight is 351 g/mol. The molecule has 1 aromatic heterocycles. The molecule has 0 saturated heterocycles. The number of hydrogen-bond donors (Lipinski definition) is 1. The van der Waals surface area contributed by atoms with Gasteiger partial charge in [-0.15, -0.1) is 0 Å². The number of unbranched alkanes of at least 4 members (excludes halogenated alkanes) is 2. The first-order valence-electron chi connectivity index (χ1n) is 7.92. The molecule has 0 radical (unpaired) electrons. The highest BCUT2D eigenvalue weighted by atomic mass is 19.1. The maximum Gasteiger partial charge on any atom is 0.412 e. The Kier molecular flexibility index (Phi) is 7.06. The Hall–Kier alpha value is -2.77. The van der Waals surface area contributed by atoms with Gasteiger partial charge in [-0.25, -0.2) is 18.6 Å². The molecule has 8 heteroatoms. The summed E-state index contributed by atoms with van der Waals surface area (Å²) < 4.78 is 36.8. The van der Waals surface area contributed by atoms with Crippen LogP contribution >= 0.6 is 0 Å². The second kappa shape index (κ2) is 9.51. The third kappa shape index (κ3) is 6.33. The van der Waals surface area contributed by atoms with Gasteiger partial charge in [0.15, 0.2) is 11.6 Å². The number of anilines is 1. The summed E-state index contributed by atoms with van der Waals surface area (Å²) >= 11 is 0. The minimum absolute atomic E-state index is 0.0762. The van der Waals surface area contributed by atoms with Gasteiger partial charge in [-0.3, -0.25) is 5.32 Å². The summed E-state index contributed by atoms with van der Waals surface area (Å²) in [5.74, 6) is -1.49. The van der Waals surface area contributed by atoms with E-state index in [2.05, 4.69) is 15.3 Å². The van der Waals surface area contributed by atoms with E-state index in [1.54, 1.807) is 12.1 Å². The molecule has 0 aliphatic heterocycles. The van der Waals surface area contributed by atoms with Crippen molar-refractivity contribution in [1.29, 1.82) is 0 Å². The molecule has 2 rings (SSSR count). The van der Waals surface area contributed by atoms with Crippen molar-refractivity contribution >= 4 is 11.9 Å². The summed E-state index contributed by atoms with van der Waals surface area (Å²) in [4.78, 5) is 19.1. The summed E-state index contributed by atoms with van der Waals surface area (Å²) in [6, 6.07) is 5.57. The van der Waals surface area contributed by atoms with Gasteiger partial charge in [-0.05, 0) is 24.1 Å². The summed E-state index contributed by atoms with van der Waals surface area (Å²) in [6.07, 6.45) is 2.77. The highest BCUT2D eigenvalue weighted by Crippen LogP contribution is 2.15. The van der Waals surface area contributed by atoms with Crippen LogP contribution in [0.5, 0.6) is 6.01 Å². The number of nitrogens with one attached hydrogen (secondary N) is 1.